The molecule has 7 nitrogen and oxygen atoms in total. The third-order valence-electron chi connectivity index (χ3n) is 5.36. The molecule has 0 unspecified atom stereocenters. The molecule has 1 saturated heterocycles. The molecule has 1 heterocycles. The van der Waals surface area contributed by atoms with Crippen molar-refractivity contribution in [2.75, 3.05) is 23.3 Å². The normalized spacial score (nSPS) is 16.6. The number of sulfonamides is 1. The van der Waals surface area contributed by atoms with Crippen LogP contribution in [0.25, 0.3) is 10.8 Å². The van der Waals surface area contributed by atoms with E-state index in [1.54, 1.807) is 24.3 Å². The minimum atomic E-state index is -3.80. The quantitative estimate of drug-likeness (QED) is 0.624. The van der Waals surface area contributed by atoms with Gasteiger partial charge in [-0.15, -0.1) is 0 Å². The topological polar surface area (TPSA) is 95.9 Å². The molecule has 0 radical (unpaired) electrons. The van der Waals surface area contributed by atoms with E-state index in [9.17, 15) is 18.3 Å². The van der Waals surface area contributed by atoms with E-state index in [0.29, 0.717) is 29.8 Å². The van der Waals surface area contributed by atoms with Crippen LogP contribution < -0.4 is 14.4 Å². The summed E-state index contributed by atoms with van der Waals surface area (Å²) in [6, 6.07) is 16.5. The number of carbonyl (C=O) groups is 1. The molecule has 0 saturated carbocycles. The van der Waals surface area contributed by atoms with E-state index < -0.39 is 22.0 Å². The molecule has 1 fully saturated rings. The number of aliphatic carboxylic acids is 1. The Kier molecular flexibility index (Phi) is 5.26. The Hall–Kier alpha value is -3.26. The highest BCUT2D eigenvalue weighted by atomic mass is 32.2. The van der Waals surface area contributed by atoms with Crippen molar-refractivity contribution in [2.24, 2.45) is 0 Å². The van der Waals surface area contributed by atoms with Crippen LogP contribution in [0.3, 0.4) is 0 Å². The lowest BCUT2D eigenvalue weighted by atomic mass is 10.1. The lowest BCUT2D eigenvalue weighted by Crippen LogP contribution is -2.36. The fraction of sp³-hybridized carbons (Fsp3) is 0.227. The second kappa shape index (κ2) is 7.87. The SMILES string of the molecule is COc1ccc(S(=O)(=O)Nc2ccc(N3CCC[C@H]3C(=O)O)c3ccccc23)cc1. The van der Waals surface area contributed by atoms with E-state index in [-0.39, 0.29) is 4.90 Å². The molecular weight excluding hydrogens is 404 g/mol. The molecule has 3 aromatic carbocycles. The molecule has 4 rings (SSSR count). The van der Waals surface area contributed by atoms with E-state index in [1.165, 1.54) is 19.2 Å². The highest BCUT2D eigenvalue weighted by molar-refractivity contribution is 7.92. The van der Waals surface area contributed by atoms with Gasteiger partial charge < -0.3 is 14.7 Å². The van der Waals surface area contributed by atoms with Gasteiger partial charge in [-0.2, -0.15) is 0 Å². The van der Waals surface area contributed by atoms with E-state index in [1.807, 2.05) is 29.2 Å². The van der Waals surface area contributed by atoms with Crippen LogP contribution in [0.5, 0.6) is 5.75 Å². The highest BCUT2D eigenvalue weighted by Gasteiger charge is 2.31. The lowest BCUT2D eigenvalue weighted by Gasteiger charge is -2.26. The Labute approximate surface area is 174 Å². The molecule has 1 aliphatic heterocycles. The van der Waals surface area contributed by atoms with Crippen molar-refractivity contribution in [3.8, 4) is 5.75 Å². The summed E-state index contributed by atoms with van der Waals surface area (Å²) in [7, 11) is -2.28. The van der Waals surface area contributed by atoms with Gasteiger partial charge in [0.2, 0.25) is 0 Å². The third kappa shape index (κ3) is 3.66. The Bertz CT molecular complexity index is 1190. The Morgan fingerprint density at radius 2 is 1.77 bits per heavy atom. The van der Waals surface area contributed by atoms with Gasteiger partial charge in [-0.25, -0.2) is 13.2 Å². The largest absolute Gasteiger partial charge is 0.497 e. The van der Waals surface area contributed by atoms with Crippen LogP contribution in [0.2, 0.25) is 0 Å². The second-order valence-electron chi connectivity index (χ2n) is 7.15. The molecule has 0 bridgehead atoms. The summed E-state index contributed by atoms with van der Waals surface area (Å²) >= 11 is 0. The number of fused-ring (bicyclic) bond motifs is 1. The molecule has 2 N–H and O–H groups in total. The lowest BCUT2D eigenvalue weighted by molar-refractivity contribution is -0.138. The molecule has 0 spiro atoms. The predicted octanol–water partition coefficient (Wildman–Crippen LogP) is 3.70. The number of ether oxygens (including phenoxy) is 1. The van der Waals surface area contributed by atoms with Crippen LogP contribution in [0.15, 0.2) is 65.6 Å². The summed E-state index contributed by atoms with van der Waals surface area (Å²) in [5, 5.41) is 11.1. The number of carboxylic acid groups (broad SMARTS) is 1. The zero-order chi connectivity index (χ0) is 21.3. The molecule has 0 amide bonds. The van der Waals surface area contributed by atoms with Crippen LogP contribution in [0.1, 0.15) is 12.8 Å². The maximum absolute atomic E-state index is 12.9. The first-order valence-corrected chi connectivity index (χ1v) is 11.1. The molecule has 3 aromatic rings. The maximum Gasteiger partial charge on any atom is 0.326 e. The first-order chi connectivity index (χ1) is 14.4. The van der Waals surface area contributed by atoms with Crippen LogP contribution in [0.4, 0.5) is 11.4 Å². The average Bonchev–Trinajstić information content (AvgIpc) is 3.24. The molecule has 30 heavy (non-hydrogen) atoms. The van der Waals surface area contributed by atoms with Gasteiger partial charge in [-0.1, -0.05) is 24.3 Å². The summed E-state index contributed by atoms with van der Waals surface area (Å²) in [5.74, 6) is -0.275. The smallest absolute Gasteiger partial charge is 0.326 e. The molecule has 0 aromatic heterocycles. The first-order valence-electron chi connectivity index (χ1n) is 9.59. The van der Waals surface area contributed by atoms with E-state index >= 15 is 0 Å². The van der Waals surface area contributed by atoms with Gasteiger partial charge in [-0.3, -0.25) is 4.72 Å². The summed E-state index contributed by atoms with van der Waals surface area (Å²) in [6.45, 7) is 0.651. The van der Waals surface area contributed by atoms with Crippen molar-refractivity contribution in [3.63, 3.8) is 0 Å². The van der Waals surface area contributed by atoms with Crippen LogP contribution in [-0.4, -0.2) is 39.2 Å². The number of anilines is 2. The molecule has 0 aliphatic carbocycles. The fourth-order valence-electron chi connectivity index (χ4n) is 3.89. The zero-order valence-electron chi connectivity index (χ0n) is 16.4. The van der Waals surface area contributed by atoms with Gasteiger partial charge in [-0.05, 0) is 49.2 Å². The van der Waals surface area contributed by atoms with Crippen LogP contribution in [-0.2, 0) is 14.8 Å². The van der Waals surface area contributed by atoms with Gasteiger partial charge in [0.1, 0.15) is 11.8 Å². The predicted molar refractivity (Wildman–Crippen MR) is 116 cm³/mol. The summed E-state index contributed by atoms with van der Waals surface area (Å²) in [4.78, 5) is 13.6. The van der Waals surface area contributed by atoms with Crippen molar-refractivity contribution in [1.29, 1.82) is 0 Å². The van der Waals surface area contributed by atoms with Gasteiger partial charge in [0.15, 0.2) is 0 Å². The number of methoxy groups -OCH3 is 1. The molecule has 1 aliphatic rings. The Balaban J connectivity index is 1.73. The number of rotatable bonds is 6. The highest BCUT2D eigenvalue weighted by Crippen LogP contribution is 2.36. The van der Waals surface area contributed by atoms with Gasteiger partial charge in [0, 0.05) is 23.0 Å². The molecule has 8 heteroatoms. The summed E-state index contributed by atoms with van der Waals surface area (Å²) in [6.07, 6.45) is 1.40. The minimum absolute atomic E-state index is 0.127. The van der Waals surface area contributed by atoms with Crippen molar-refractivity contribution in [3.05, 3.63) is 60.7 Å². The Morgan fingerprint density at radius 3 is 2.43 bits per heavy atom. The second-order valence-corrected chi connectivity index (χ2v) is 8.83. The average molecular weight is 426 g/mol. The molecule has 1 atom stereocenters. The molecular formula is C22H22N2O5S. The number of hydrogen-bond donors (Lipinski definition) is 2. The maximum atomic E-state index is 12.9. The van der Waals surface area contributed by atoms with Gasteiger partial charge >= 0.3 is 5.97 Å². The summed E-state index contributed by atoms with van der Waals surface area (Å²) in [5.41, 5.74) is 1.24. The standard InChI is InChI=1S/C22H22N2O5S/c1-29-15-8-10-16(11-9-15)30(27,28)23-19-12-13-20(18-6-3-2-5-17(18)19)24-14-4-7-21(24)22(25)26/h2-3,5-6,8-13,21,23H,4,7,14H2,1H3,(H,25,26)/t21-/m0/s1. The van der Waals surface area contributed by atoms with E-state index in [0.717, 1.165) is 17.5 Å². The number of benzene rings is 3. The van der Waals surface area contributed by atoms with Crippen LogP contribution >= 0.6 is 0 Å². The van der Waals surface area contributed by atoms with E-state index in [4.69, 9.17) is 4.74 Å². The Morgan fingerprint density at radius 1 is 1.07 bits per heavy atom. The summed E-state index contributed by atoms with van der Waals surface area (Å²) < 4.78 is 33.5. The number of carboxylic acids is 1. The van der Waals surface area contributed by atoms with Gasteiger partial charge in [0.05, 0.1) is 17.7 Å². The van der Waals surface area contributed by atoms with Crippen LogP contribution in [0, 0.1) is 0 Å². The third-order valence-corrected chi connectivity index (χ3v) is 6.74. The number of nitrogens with one attached hydrogen (secondary N) is 1. The van der Waals surface area contributed by atoms with Crippen molar-refractivity contribution in [2.45, 2.75) is 23.8 Å². The molecule has 156 valence electrons. The first kappa shape index (κ1) is 20.0. The zero-order valence-corrected chi connectivity index (χ0v) is 17.2. The van der Waals surface area contributed by atoms with E-state index in [2.05, 4.69) is 4.72 Å². The minimum Gasteiger partial charge on any atom is -0.497 e. The fourth-order valence-corrected chi connectivity index (χ4v) is 4.97. The van der Waals surface area contributed by atoms with Crippen molar-refractivity contribution in [1.82, 2.24) is 0 Å². The monoisotopic (exact) mass is 426 g/mol. The number of hydrogen-bond acceptors (Lipinski definition) is 5. The number of nitrogens with zero attached hydrogens (tertiary/aromatic N) is 1. The van der Waals surface area contributed by atoms with Gasteiger partial charge in [0.25, 0.3) is 10.0 Å². The van der Waals surface area contributed by atoms with Crippen molar-refractivity contribution >= 4 is 38.1 Å². The van der Waals surface area contributed by atoms with Crippen molar-refractivity contribution < 1.29 is 23.1 Å².